The zero-order chi connectivity index (χ0) is 12.7. The number of rotatable bonds is 6. The number of sulfonamides is 1. The molecule has 0 aliphatic carbocycles. The molecule has 0 spiro atoms. The number of hydrogen-bond donors (Lipinski definition) is 0. The molecule has 0 aromatic rings. The van der Waals surface area contributed by atoms with E-state index < -0.39 is 10.0 Å². The highest BCUT2D eigenvalue weighted by Crippen LogP contribution is 2.10. The molecule has 1 rings (SSSR count). The maximum absolute atomic E-state index is 11.5. The van der Waals surface area contributed by atoms with Crippen LogP contribution in [0.2, 0.25) is 0 Å². The molecule has 0 amide bonds. The van der Waals surface area contributed by atoms with Gasteiger partial charge in [-0.25, -0.2) is 12.7 Å². The third-order valence-electron chi connectivity index (χ3n) is 3.49. The van der Waals surface area contributed by atoms with Gasteiger partial charge in [0, 0.05) is 13.6 Å². The lowest BCUT2D eigenvalue weighted by Gasteiger charge is -2.21. The molecule has 0 aromatic carbocycles. The summed E-state index contributed by atoms with van der Waals surface area (Å²) < 4.78 is 24.6. The second kappa shape index (κ2) is 7.34. The van der Waals surface area contributed by atoms with Gasteiger partial charge in [-0.05, 0) is 45.8 Å². The van der Waals surface area contributed by atoms with Crippen LogP contribution in [0.4, 0.5) is 0 Å². The SMILES string of the molecule is CCS(=O)(=O)N(C)CCCN1CCCCCC1. The molecule has 1 aliphatic rings. The van der Waals surface area contributed by atoms with Crippen LogP contribution < -0.4 is 0 Å². The molecule has 1 fully saturated rings. The van der Waals surface area contributed by atoms with E-state index in [1.807, 2.05) is 0 Å². The van der Waals surface area contributed by atoms with Gasteiger partial charge in [-0.3, -0.25) is 0 Å². The van der Waals surface area contributed by atoms with Crippen LogP contribution in [0.5, 0.6) is 0 Å². The average Bonchev–Trinajstić information content (AvgIpc) is 2.57. The van der Waals surface area contributed by atoms with E-state index in [1.54, 1.807) is 14.0 Å². The lowest BCUT2D eigenvalue weighted by atomic mass is 10.2. The Hall–Kier alpha value is -0.130. The van der Waals surface area contributed by atoms with Crippen molar-refractivity contribution in [1.82, 2.24) is 9.21 Å². The predicted octanol–water partition coefficient (Wildman–Crippen LogP) is 1.53. The summed E-state index contributed by atoms with van der Waals surface area (Å²) in [6.07, 6.45) is 6.23. The van der Waals surface area contributed by atoms with E-state index >= 15 is 0 Å². The zero-order valence-electron chi connectivity index (χ0n) is 11.2. The summed E-state index contributed by atoms with van der Waals surface area (Å²) in [5, 5.41) is 0. The molecule has 0 unspecified atom stereocenters. The van der Waals surface area contributed by atoms with E-state index in [0.29, 0.717) is 6.54 Å². The molecular weight excluding hydrogens is 236 g/mol. The Bertz CT molecular complexity index is 296. The third kappa shape index (κ3) is 5.36. The van der Waals surface area contributed by atoms with Gasteiger partial charge in [-0.1, -0.05) is 12.8 Å². The quantitative estimate of drug-likeness (QED) is 0.729. The number of nitrogens with zero attached hydrogens (tertiary/aromatic N) is 2. The lowest BCUT2D eigenvalue weighted by Crippen LogP contribution is -2.32. The highest BCUT2D eigenvalue weighted by Gasteiger charge is 2.15. The zero-order valence-corrected chi connectivity index (χ0v) is 12.0. The minimum atomic E-state index is -2.99. The largest absolute Gasteiger partial charge is 0.303 e. The van der Waals surface area contributed by atoms with Crippen molar-refractivity contribution in [3.8, 4) is 0 Å². The molecule has 1 aliphatic heterocycles. The first-order valence-electron chi connectivity index (χ1n) is 6.72. The summed E-state index contributed by atoms with van der Waals surface area (Å²) in [7, 11) is -1.31. The molecule has 0 atom stereocenters. The molecule has 0 bridgehead atoms. The summed E-state index contributed by atoms with van der Waals surface area (Å²) in [4.78, 5) is 2.47. The van der Waals surface area contributed by atoms with Crippen molar-refractivity contribution < 1.29 is 8.42 Å². The summed E-state index contributed by atoms with van der Waals surface area (Å²) in [5.74, 6) is 0.202. The number of hydrogen-bond acceptors (Lipinski definition) is 3. The predicted molar refractivity (Wildman–Crippen MR) is 71.6 cm³/mol. The van der Waals surface area contributed by atoms with Crippen molar-refractivity contribution >= 4 is 10.0 Å². The molecule has 0 aromatic heterocycles. The van der Waals surface area contributed by atoms with Gasteiger partial charge in [-0.15, -0.1) is 0 Å². The van der Waals surface area contributed by atoms with Crippen LogP contribution >= 0.6 is 0 Å². The standard InChI is InChI=1S/C12H26N2O2S/c1-3-17(15,16)13(2)9-8-12-14-10-6-4-5-7-11-14/h3-12H2,1-2H3. The van der Waals surface area contributed by atoms with E-state index in [0.717, 1.165) is 13.0 Å². The first-order valence-corrected chi connectivity index (χ1v) is 8.33. The lowest BCUT2D eigenvalue weighted by molar-refractivity contribution is 0.273. The van der Waals surface area contributed by atoms with Gasteiger partial charge in [0.2, 0.25) is 10.0 Å². The maximum atomic E-state index is 11.5. The first kappa shape index (κ1) is 14.9. The number of likely N-dealkylation sites (tertiary alicyclic amines) is 1. The fourth-order valence-electron chi connectivity index (χ4n) is 2.24. The first-order chi connectivity index (χ1) is 8.06. The Balaban J connectivity index is 2.22. The summed E-state index contributed by atoms with van der Waals surface area (Å²) >= 11 is 0. The van der Waals surface area contributed by atoms with Crippen molar-refractivity contribution in [1.29, 1.82) is 0 Å². The Labute approximate surface area is 106 Å². The van der Waals surface area contributed by atoms with E-state index in [4.69, 9.17) is 0 Å². The average molecular weight is 262 g/mol. The molecule has 5 heteroatoms. The van der Waals surface area contributed by atoms with Crippen molar-refractivity contribution in [3.63, 3.8) is 0 Å². The van der Waals surface area contributed by atoms with Crippen LogP contribution in [0.3, 0.4) is 0 Å². The molecule has 0 radical (unpaired) electrons. The Kier molecular flexibility index (Phi) is 6.44. The highest BCUT2D eigenvalue weighted by atomic mass is 32.2. The van der Waals surface area contributed by atoms with Gasteiger partial charge in [0.15, 0.2) is 0 Å². The van der Waals surface area contributed by atoms with Gasteiger partial charge >= 0.3 is 0 Å². The second-order valence-electron chi connectivity index (χ2n) is 4.83. The molecule has 1 saturated heterocycles. The molecule has 17 heavy (non-hydrogen) atoms. The monoisotopic (exact) mass is 262 g/mol. The van der Waals surface area contributed by atoms with Crippen LogP contribution in [-0.2, 0) is 10.0 Å². The normalized spacial score (nSPS) is 19.5. The minimum Gasteiger partial charge on any atom is -0.303 e. The maximum Gasteiger partial charge on any atom is 0.213 e. The smallest absolute Gasteiger partial charge is 0.213 e. The van der Waals surface area contributed by atoms with E-state index in [1.165, 1.54) is 43.1 Å². The van der Waals surface area contributed by atoms with Gasteiger partial charge in [0.1, 0.15) is 0 Å². The van der Waals surface area contributed by atoms with E-state index in [9.17, 15) is 8.42 Å². The van der Waals surface area contributed by atoms with E-state index in [2.05, 4.69) is 4.90 Å². The van der Waals surface area contributed by atoms with E-state index in [-0.39, 0.29) is 5.75 Å². The van der Waals surface area contributed by atoms with Crippen molar-refractivity contribution in [2.24, 2.45) is 0 Å². The molecule has 4 nitrogen and oxygen atoms in total. The fraction of sp³-hybridized carbons (Fsp3) is 1.00. The Morgan fingerprint density at radius 1 is 1.12 bits per heavy atom. The summed E-state index contributed by atoms with van der Waals surface area (Å²) in [6.45, 7) is 5.74. The van der Waals surface area contributed by atoms with Crippen LogP contribution in [0.1, 0.15) is 39.0 Å². The van der Waals surface area contributed by atoms with Crippen LogP contribution in [-0.4, -0.2) is 56.6 Å². The van der Waals surface area contributed by atoms with Crippen molar-refractivity contribution in [2.45, 2.75) is 39.0 Å². The molecular formula is C12H26N2O2S. The van der Waals surface area contributed by atoms with Crippen molar-refractivity contribution in [3.05, 3.63) is 0 Å². The van der Waals surface area contributed by atoms with Gasteiger partial charge in [0.05, 0.1) is 5.75 Å². The molecule has 1 heterocycles. The molecule has 102 valence electrons. The Morgan fingerprint density at radius 3 is 2.24 bits per heavy atom. The Morgan fingerprint density at radius 2 is 1.71 bits per heavy atom. The molecule has 0 N–H and O–H groups in total. The van der Waals surface area contributed by atoms with Gasteiger partial charge < -0.3 is 4.90 Å². The van der Waals surface area contributed by atoms with Gasteiger partial charge in [0.25, 0.3) is 0 Å². The minimum absolute atomic E-state index is 0.202. The summed E-state index contributed by atoms with van der Waals surface area (Å²) in [6, 6.07) is 0. The van der Waals surface area contributed by atoms with Crippen LogP contribution in [0.25, 0.3) is 0 Å². The van der Waals surface area contributed by atoms with Gasteiger partial charge in [-0.2, -0.15) is 0 Å². The second-order valence-corrected chi connectivity index (χ2v) is 7.20. The third-order valence-corrected chi connectivity index (χ3v) is 5.35. The van der Waals surface area contributed by atoms with Crippen LogP contribution in [0, 0.1) is 0 Å². The highest BCUT2D eigenvalue weighted by molar-refractivity contribution is 7.89. The fourth-order valence-corrected chi connectivity index (χ4v) is 3.08. The van der Waals surface area contributed by atoms with Crippen LogP contribution in [0.15, 0.2) is 0 Å². The van der Waals surface area contributed by atoms with Crippen molar-refractivity contribution in [2.75, 3.05) is 39.0 Å². The topological polar surface area (TPSA) is 40.6 Å². The summed E-state index contributed by atoms with van der Waals surface area (Å²) in [5.41, 5.74) is 0. The molecule has 0 saturated carbocycles.